The third kappa shape index (κ3) is 4.05. The molecule has 1 aliphatic heterocycles. The quantitative estimate of drug-likeness (QED) is 0.640. The molecule has 0 atom stereocenters. The molecule has 0 bridgehead atoms. The van der Waals surface area contributed by atoms with Crippen molar-refractivity contribution in [3.05, 3.63) is 62.7 Å². The zero-order chi connectivity index (χ0) is 21.4. The minimum absolute atomic E-state index is 0.112. The molecule has 158 valence electrons. The molecule has 1 saturated heterocycles. The van der Waals surface area contributed by atoms with Crippen molar-refractivity contribution in [2.24, 2.45) is 0 Å². The fourth-order valence-electron chi connectivity index (χ4n) is 3.88. The molecule has 1 N–H and O–H groups in total. The van der Waals surface area contributed by atoms with Crippen LogP contribution in [0.4, 0.5) is 0 Å². The third-order valence-corrected chi connectivity index (χ3v) is 6.16. The van der Waals surface area contributed by atoms with Crippen molar-refractivity contribution in [3.63, 3.8) is 0 Å². The van der Waals surface area contributed by atoms with E-state index in [2.05, 4.69) is 16.8 Å². The Kier molecular flexibility index (Phi) is 5.77. The summed E-state index contributed by atoms with van der Waals surface area (Å²) in [4.78, 5) is 17.4. The molecule has 0 spiro atoms. The summed E-state index contributed by atoms with van der Waals surface area (Å²) in [6.07, 6.45) is 0. The number of hydrogen-bond acceptors (Lipinski definition) is 6. The van der Waals surface area contributed by atoms with Crippen molar-refractivity contribution in [2.45, 2.75) is 26.3 Å². The van der Waals surface area contributed by atoms with E-state index in [0.29, 0.717) is 21.3 Å². The normalized spacial score (nSPS) is 15.9. The average Bonchev–Trinajstić information content (AvgIpc) is 2.70. The van der Waals surface area contributed by atoms with Gasteiger partial charge in [-0.05, 0) is 42.3 Å². The molecule has 4 rings (SSSR count). The van der Waals surface area contributed by atoms with Crippen LogP contribution in [0.5, 0.6) is 5.75 Å². The lowest BCUT2D eigenvalue weighted by molar-refractivity contribution is 0.148. The Morgan fingerprint density at radius 1 is 1.10 bits per heavy atom. The Labute approximate surface area is 181 Å². The van der Waals surface area contributed by atoms with Crippen molar-refractivity contribution >= 4 is 23.2 Å². The first-order chi connectivity index (χ1) is 14.3. The second-order valence-corrected chi connectivity index (χ2v) is 8.70. The second-order valence-electron chi connectivity index (χ2n) is 8.32. The van der Waals surface area contributed by atoms with Crippen molar-refractivity contribution < 1.29 is 9.52 Å². The van der Waals surface area contributed by atoms with Crippen molar-refractivity contribution in [2.75, 3.05) is 33.2 Å². The number of rotatable bonds is 4. The lowest BCUT2D eigenvalue weighted by atomic mass is 10.0. The lowest BCUT2D eigenvalue weighted by Gasteiger charge is -2.32. The number of nitrogens with zero attached hydrogens (tertiary/aromatic N) is 3. The Hall–Kier alpha value is -2.48. The van der Waals surface area contributed by atoms with Crippen LogP contribution in [0, 0.1) is 4.64 Å². The van der Waals surface area contributed by atoms with Crippen LogP contribution in [0.2, 0.25) is 0 Å². The summed E-state index contributed by atoms with van der Waals surface area (Å²) < 4.78 is 7.27. The summed E-state index contributed by atoms with van der Waals surface area (Å²) in [6, 6.07) is 11.2. The third-order valence-electron chi connectivity index (χ3n) is 5.76. The molecule has 1 fully saturated rings. The van der Waals surface area contributed by atoms with Crippen LogP contribution in [0.25, 0.3) is 16.7 Å². The van der Waals surface area contributed by atoms with Crippen LogP contribution < -0.4 is 5.76 Å². The summed E-state index contributed by atoms with van der Waals surface area (Å²) in [7, 11) is 2.15. The van der Waals surface area contributed by atoms with E-state index >= 15 is 0 Å². The van der Waals surface area contributed by atoms with E-state index in [1.165, 1.54) is 16.2 Å². The summed E-state index contributed by atoms with van der Waals surface area (Å²) in [6.45, 7) is 9.17. The van der Waals surface area contributed by atoms with Crippen molar-refractivity contribution in [1.82, 2.24) is 14.4 Å². The van der Waals surface area contributed by atoms with Gasteiger partial charge in [-0.15, -0.1) is 0 Å². The molecule has 0 amide bonds. The van der Waals surface area contributed by atoms with Gasteiger partial charge in [0.05, 0.1) is 11.1 Å². The summed E-state index contributed by atoms with van der Waals surface area (Å²) in [5.41, 5.74) is 2.95. The first-order valence-electron chi connectivity index (χ1n) is 10.3. The zero-order valence-corrected chi connectivity index (χ0v) is 18.4. The second kappa shape index (κ2) is 8.34. The predicted molar refractivity (Wildman–Crippen MR) is 121 cm³/mol. The molecule has 2 heterocycles. The van der Waals surface area contributed by atoms with Crippen LogP contribution in [-0.4, -0.2) is 52.7 Å². The van der Waals surface area contributed by atoms with Crippen LogP contribution >= 0.6 is 12.2 Å². The van der Waals surface area contributed by atoms with Gasteiger partial charge >= 0.3 is 5.76 Å². The highest BCUT2D eigenvalue weighted by Gasteiger charge is 2.16. The van der Waals surface area contributed by atoms with Crippen LogP contribution in [0.15, 0.2) is 45.6 Å². The lowest BCUT2D eigenvalue weighted by Crippen LogP contribution is -2.43. The van der Waals surface area contributed by atoms with Gasteiger partial charge in [-0.2, -0.15) is 0 Å². The van der Waals surface area contributed by atoms with E-state index in [4.69, 9.17) is 16.6 Å². The molecule has 6 nitrogen and oxygen atoms in total. The maximum Gasteiger partial charge on any atom is 0.425 e. The average molecular weight is 426 g/mol. The molecule has 0 saturated carbocycles. The molecule has 0 aliphatic carbocycles. The highest BCUT2D eigenvalue weighted by atomic mass is 32.1. The van der Waals surface area contributed by atoms with Crippen LogP contribution in [0.1, 0.15) is 30.9 Å². The number of fused-ring (bicyclic) bond motifs is 1. The number of benzene rings is 2. The van der Waals surface area contributed by atoms with Gasteiger partial charge in [0.25, 0.3) is 0 Å². The maximum absolute atomic E-state index is 12.7. The molecule has 0 radical (unpaired) electrons. The monoisotopic (exact) mass is 425 g/mol. The van der Waals surface area contributed by atoms with E-state index in [0.717, 1.165) is 38.3 Å². The fraction of sp³-hybridized carbons (Fsp3) is 0.391. The Morgan fingerprint density at radius 2 is 1.77 bits per heavy atom. The molecule has 30 heavy (non-hydrogen) atoms. The van der Waals surface area contributed by atoms with Gasteiger partial charge in [0.15, 0.2) is 0 Å². The summed E-state index contributed by atoms with van der Waals surface area (Å²) >= 11 is 5.64. The van der Waals surface area contributed by atoms with E-state index in [-0.39, 0.29) is 11.7 Å². The van der Waals surface area contributed by atoms with Gasteiger partial charge in [-0.25, -0.2) is 9.36 Å². The van der Waals surface area contributed by atoms with E-state index in [1.54, 1.807) is 0 Å². The van der Waals surface area contributed by atoms with Gasteiger partial charge in [0.2, 0.25) is 0 Å². The number of aromatic hydroxyl groups is 1. The standard InChI is InChI=1S/C23H27N3O3S/c1-15(2)18-12-19-21(13-20(18)27)29-23(28)26(22(19)30)17-6-4-16(5-7-17)14-25-10-8-24(3)9-11-25/h4-7,12-13,15,27H,8-11,14H2,1-3H3. The largest absolute Gasteiger partial charge is 0.508 e. The molecule has 0 unspecified atom stereocenters. The molecule has 1 aromatic heterocycles. The van der Waals surface area contributed by atoms with Gasteiger partial charge in [0.1, 0.15) is 16.0 Å². The minimum Gasteiger partial charge on any atom is -0.508 e. The molecular weight excluding hydrogens is 398 g/mol. The van der Waals surface area contributed by atoms with E-state index in [9.17, 15) is 9.90 Å². The molecule has 3 aromatic rings. The number of phenolic OH excluding ortho intramolecular Hbond substituents is 1. The number of phenols is 1. The number of aromatic nitrogens is 1. The van der Waals surface area contributed by atoms with Gasteiger partial charge in [-0.1, -0.05) is 38.2 Å². The summed E-state index contributed by atoms with van der Waals surface area (Å²) in [5, 5.41) is 10.9. The zero-order valence-electron chi connectivity index (χ0n) is 17.6. The van der Waals surface area contributed by atoms with Gasteiger partial charge in [0, 0.05) is 38.8 Å². The van der Waals surface area contributed by atoms with Crippen LogP contribution in [-0.2, 0) is 6.54 Å². The number of hydrogen-bond donors (Lipinski definition) is 1. The van der Waals surface area contributed by atoms with Crippen LogP contribution in [0.3, 0.4) is 0 Å². The molecule has 1 aliphatic rings. The predicted octanol–water partition coefficient (Wildman–Crippen LogP) is 3.89. The fourth-order valence-corrected chi connectivity index (χ4v) is 4.22. The Bertz CT molecular complexity index is 1170. The van der Waals surface area contributed by atoms with Crippen molar-refractivity contribution in [1.29, 1.82) is 0 Å². The molecular formula is C23H27N3O3S. The first-order valence-corrected chi connectivity index (χ1v) is 10.7. The molecule has 2 aromatic carbocycles. The topological polar surface area (TPSA) is 61.9 Å². The number of likely N-dealkylation sites (N-methyl/N-ethyl adjacent to an activating group) is 1. The smallest absolute Gasteiger partial charge is 0.425 e. The summed E-state index contributed by atoms with van der Waals surface area (Å²) in [5.74, 6) is -0.324. The maximum atomic E-state index is 12.7. The minimum atomic E-state index is -0.559. The van der Waals surface area contributed by atoms with Crippen molar-refractivity contribution in [3.8, 4) is 11.4 Å². The first kappa shape index (κ1) is 20.8. The molecule has 7 heteroatoms. The van der Waals surface area contributed by atoms with E-state index in [1.807, 2.05) is 44.2 Å². The van der Waals surface area contributed by atoms with E-state index < -0.39 is 5.76 Å². The number of piperazine rings is 1. The van der Waals surface area contributed by atoms with Gasteiger partial charge in [-0.3, -0.25) is 4.90 Å². The SMILES string of the molecule is CC(C)c1cc2c(=S)n(-c3ccc(CN4CCN(C)CC4)cc3)c(=O)oc2cc1O. The Morgan fingerprint density at radius 3 is 2.40 bits per heavy atom. The Balaban J connectivity index is 1.68. The van der Waals surface area contributed by atoms with Gasteiger partial charge < -0.3 is 14.4 Å². The highest BCUT2D eigenvalue weighted by molar-refractivity contribution is 7.71. The highest BCUT2D eigenvalue weighted by Crippen LogP contribution is 2.30.